The molecule has 4 fully saturated rings. The number of aliphatic hydroxyl groups excluding tert-OH is 2. The number of anilines is 1. The largest absolute Gasteiger partial charge is 0.508 e. The van der Waals surface area contributed by atoms with Crippen molar-refractivity contribution >= 4 is 45.1 Å². The molecule has 5 aliphatic rings. The summed E-state index contributed by atoms with van der Waals surface area (Å²) in [6.07, 6.45) is 5.55. The van der Waals surface area contributed by atoms with Crippen LogP contribution in [0.1, 0.15) is 70.7 Å². The van der Waals surface area contributed by atoms with E-state index in [9.17, 15) is 64.1 Å². The van der Waals surface area contributed by atoms with Gasteiger partial charge < -0.3 is 60.1 Å². The third kappa shape index (κ3) is 8.40. The number of rotatable bonds is 6. The number of phenolic OH excluding ortho intramolecular Hbond substituents is 4. The number of pyridine rings is 1. The highest BCUT2D eigenvalue weighted by atomic mass is 19.1. The van der Waals surface area contributed by atoms with Crippen molar-refractivity contribution in [2.24, 2.45) is 28.6 Å². The van der Waals surface area contributed by atoms with Gasteiger partial charge in [0.05, 0.1) is 17.0 Å². The fourth-order valence-corrected chi connectivity index (χ4v) is 12.6. The number of ketones is 2. The van der Waals surface area contributed by atoms with Crippen LogP contribution < -0.4 is 21.1 Å². The van der Waals surface area contributed by atoms with Gasteiger partial charge >= 0.3 is 5.97 Å². The highest BCUT2D eigenvalue weighted by Crippen LogP contribution is 2.70. The number of fused-ring (bicyclic) bond motifs is 7. The van der Waals surface area contributed by atoms with Gasteiger partial charge in [0.25, 0.3) is 0 Å². The van der Waals surface area contributed by atoms with Crippen LogP contribution in [0.15, 0.2) is 86.5 Å². The van der Waals surface area contributed by atoms with Crippen LogP contribution in [0.5, 0.6) is 23.0 Å². The minimum Gasteiger partial charge on any atom is -0.508 e. The molecule has 74 heavy (non-hydrogen) atoms. The number of benzene rings is 3. The smallest absolute Gasteiger partial charge is 0.341 e. The van der Waals surface area contributed by atoms with Gasteiger partial charge in [-0.2, -0.15) is 0 Å². The maximum absolute atomic E-state index is 16.9. The molecule has 9 N–H and O–H groups in total. The van der Waals surface area contributed by atoms with Crippen molar-refractivity contribution in [2.75, 3.05) is 31.1 Å². The molecule has 0 radical (unpaired) electrons. The van der Waals surface area contributed by atoms with Crippen molar-refractivity contribution in [3.8, 4) is 34.3 Å². The van der Waals surface area contributed by atoms with Gasteiger partial charge in [0, 0.05) is 78.9 Å². The van der Waals surface area contributed by atoms with E-state index in [1.165, 1.54) is 41.0 Å². The van der Waals surface area contributed by atoms with Crippen LogP contribution in [0.3, 0.4) is 0 Å². The maximum atomic E-state index is 16.9. The molecule has 3 heterocycles. The highest BCUT2D eigenvalue weighted by molar-refractivity contribution is 6.01. The fraction of sp³-hybridized carbons (Fsp3) is 0.426. The lowest BCUT2D eigenvalue weighted by atomic mass is 9.44. The molecular formula is C54H58F3N3O14. The third-order valence-electron chi connectivity index (χ3n) is 16.3. The highest BCUT2D eigenvalue weighted by Gasteiger charge is 2.75. The summed E-state index contributed by atoms with van der Waals surface area (Å²) in [6, 6.07) is 8.39. The number of phenols is 4. The number of hydrogen-bond donors (Lipinski definition) is 9. The second-order valence-corrected chi connectivity index (χ2v) is 20.4. The Balaban J connectivity index is 0.000000149. The monoisotopic (exact) mass is 1030 g/mol. The fourth-order valence-electron chi connectivity index (χ4n) is 12.6. The molecule has 10 rings (SSSR count). The molecule has 1 unspecified atom stereocenters. The first-order valence-electron chi connectivity index (χ1n) is 24.2. The molecule has 9 atom stereocenters. The van der Waals surface area contributed by atoms with Crippen molar-refractivity contribution in [1.29, 1.82) is 0 Å². The Morgan fingerprint density at radius 1 is 0.959 bits per heavy atom. The molecule has 17 nitrogen and oxygen atoms in total. The van der Waals surface area contributed by atoms with Crippen LogP contribution in [0, 0.1) is 40.2 Å². The molecule has 5 aromatic rings. The van der Waals surface area contributed by atoms with Gasteiger partial charge in [-0.25, -0.2) is 18.0 Å². The molecule has 0 bridgehead atoms. The number of aliphatic hydroxyl groups is 3. The van der Waals surface area contributed by atoms with Crippen LogP contribution in [-0.4, -0.2) is 113 Å². The Bertz CT molecular complexity index is 3320. The molecule has 3 aromatic carbocycles. The minimum atomic E-state index is -1.98. The number of piperazine rings is 1. The first-order chi connectivity index (χ1) is 34.8. The summed E-state index contributed by atoms with van der Waals surface area (Å²) >= 11 is 0. The number of aromatic nitrogens is 1. The normalized spacial score (nSPS) is 29.0. The number of alkyl halides is 1. The van der Waals surface area contributed by atoms with Gasteiger partial charge in [-0.1, -0.05) is 25.5 Å². The van der Waals surface area contributed by atoms with Gasteiger partial charge in [-0.05, 0) is 94.7 Å². The van der Waals surface area contributed by atoms with E-state index in [-0.39, 0.29) is 87.0 Å². The number of aromatic carboxylic acids is 1. The van der Waals surface area contributed by atoms with Gasteiger partial charge in [0.1, 0.15) is 57.5 Å². The molecule has 4 aliphatic carbocycles. The number of hydrogen-bond acceptors (Lipinski definition) is 15. The average molecular weight is 1030 g/mol. The zero-order valence-corrected chi connectivity index (χ0v) is 41.2. The zero-order valence-electron chi connectivity index (χ0n) is 41.2. The number of allylic oxidation sites excluding steroid dienone is 4. The Morgan fingerprint density at radius 3 is 2.32 bits per heavy atom. The molecule has 1 saturated heterocycles. The van der Waals surface area contributed by atoms with Crippen LogP contribution in [0.2, 0.25) is 0 Å². The standard InChI is InChI=1S/C22H29FO5.C17H19F2N3O3.C15H10O6/c1-12-8-16-15-5-4-13-9-14(25)6-7-19(13,2)21(15,23)17(26)10-20(16,3)22(12,28)18(27)11-24;1-3-21-8-11(17(24)25)16(23)10-6-12(18)15(13(19)14(10)21)22-5-4-20-9(2)7-22;16-8-4-11(19)15-12(20)6-13(21-14(15)5-8)7-1-2-9(17)10(18)3-7/h6-7,9,12,15-17,24,26,28H,4-5,8,10-11H2,1-3H3;6,8-9,20H,3-5,7H2,1-2H3,(H,24,25);1-6,16-19H/t12-,15+,16+,17+,19+,20+,21+,22+;;/m1../s1. The quantitative estimate of drug-likeness (QED) is 0.0886. The number of halogens is 3. The summed E-state index contributed by atoms with van der Waals surface area (Å²) in [5, 5.41) is 81.9. The van der Waals surface area contributed by atoms with Crippen molar-refractivity contribution < 1.29 is 72.8 Å². The summed E-state index contributed by atoms with van der Waals surface area (Å²) in [4.78, 5) is 61.6. The first kappa shape index (κ1) is 53.3. The Labute approximate surface area is 421 Å². The number of Topliss-reactive ketones (excluding diaryl/α,β-unsaturated/α-hetero) is 1. The van der Waals surface area contributed by atoms with Crippen molar-refractivity contribution in [3.63, 3.8) is 0 Å². The molecule has 3 saturated carbocycles. The Kier molecular flexibility index (Phi) is 13.9. The zero-order chi connectivity index (χ0) is 54.1. The topological polar surface area (TPSA) is 281 Å². The second kappa shape index (κ2) is 19.4. The molecule has 2 aromatic heterocycles. The summed E-state index contributed by atoms with van der Waals surface area (Å²) in [5.41, 5.74) is -6.91. The molecule has 1 aliphatic heterocycles. The number of aromatic hydroxyl groups is 4. The lowest BCUT2D eigenvalue weighted by Crippen LogP contribution is -2.69. The van der Waals surface area contributed by atoms with E-state index in [4.69, 9.17) is 9.52 Å². The summed E-state index contributed by atoms with van der Waals surface area (Å²) in [7, 11) is 0. The predicted molar refractivity (Wildman–Crippen MR) is 265 cm³/mol. The van der Waals surface area contributed by atoms with E-state index in [1.54, 1.807) is 38.7 Å². The van der Waals surface area contributed by atoms with Crippen molar-refractivity contribution in [2.45, 2.75) is 90.3 Å². The minimum absolute atomic E-state index is 0.0163. The molecule has 394 valence electrons. The van der Waals surface area contributed by atoms with Crippen LogP contribution in [0.25, 0.3) is 33.2 Å². The lowest BCUT2D eigenvalue weighted by Gasteiger charge is -2.62. The van der Waals surface area contributed by atoms with Crippen molar-refractivity contribution in [1.82, 2.24) is 9.88 Å². The number of carbonyl (C=O) groups excluding carboxylic acids is 2. The van der Waals surface area contributed by atoms with E-state index >= 15 is 8.78 Å². The van der Waals surface area contributed by atoms with E-state index in [1.807, 2.05) is 6.92 Å². The maximum Gasteiger partial charge on any atom is 0.341 e. The lowest BCUT2D eigenvalue weighted by molar-refractivity contribution is -0.219. The van der Waals surface area contributed by atoms with Gasteiger partial charge in [-0.15, -0.1) is 0 Å². The number of carboxylic acids is 1. The number of carboxylic acid groups (broad SMARTS) is 1. The van der Waals surface area contributed by atoms with E-state index in [2.05, 4.69) is 5.32 Å². The first-order valence-corrected chi connectivity index (χ1v) is 24.2. The number of aryl methyl sites for hydroxylation is 1. The van der Waals surface area contributed by atoms with Gasteiger partial charge in [-0.3, -0.25) is 19.2 Å². The van der Waals surface area contributed by atoms with E-state index in [0.717, 1.165) is 24.4 Å². The Morgan fingerprint density at radius 2 is 1.68 bits per heavy atom. The van der Waals surface area contributed by atoms with Crippen LogP contribution in [0.4, 0.5) is 18.9 Å². The molecule has 0 amide bonds. The summed E-state index contributed by atoms with van der Waals surface area (Å²) < 4.78 is 53.5. The molecule has 0 spiro atoms. The SMILES string of the molecule is CCn1cc(C(=O)O)c(=O)c2cc(F)c(N3CCNC(C)C3)c(F)c21.C[C@@H]1C[C@H]2[C@@H]3CCC4=CC(=O)C=C[C@]4(C)[C@@]3(F)[C@@H](O)C[C@]2(C)[C@@]1(O)C(=O)CO.O=c1cc(-c2ccc(O)c(O)c2)oc2cc(O)cc(O)c12. The third-order valence-corrected chi connectivity index (χ3v) is 16.3. The number of nitrogens with one attached hydrogen (secondary N) is 1. The van der Waals surface area contributed by atoms with Gasteiger partial charge in [0.2, 0.25) is 5.43 Å². The molecular weight excluding hydrogens is 972 g/mol. The average Bonchev–Trinajstić information content (AvgIpc) is 3.54. The van der Waals surface area contributed by atoms with E-state index < -0.39 is 86.5 Å². The summed E-state index contributed by atoms with van der Waals surface area (Å²) in [5.74, 6) is -6.37. The number of carbonyl (C=O) groups is 3. The second-order valence-electron chi connectivity index (χ2n) is 20.4. The van der Waals surface area contributed by atoms with Gasteiger partial charge in [0.15, 0.2) is 40.0 Å². The van der Waals surface area contributed by atoms with Crippen molar-refractivity contribution in [3.05, 3.63) is 110 Å². The summed E-state index contributed by atoms with van der Waals surface area (Å²) in [6.45, 7) is 9.81. The van der Waals surface area contributed by atoms with Crippen LogP contribution >= 0.6 is 0 Å². The van der Waals surface area contributed by atoms with Crippen LogP contribution in [-0.2, 0) is 16.1 Å². The van der Waals surface area contributed by atoms with E-state index in [0.29, 0.717) is 50.0 Å². The number of nitrogens with zero attached hydrogens (tertiary/aromatic N) is 2. The Hall–Kier alpha value is -7.00. The molecule has 20 heteroatoms. The predicted octanol–water partition coefficient (Wildman–Crippen LogP) is 5.97.